The Balaban J connectivity index is 1.42. The van der Waals surface area contributed by atoms with Crippen molar-refractivity contribution in [2.75, 3.05) is 23.3 Å². The van der Waals surface area contributed by atoms with Gasteiger partial charge in [-0.3, -0.25) is 9.59 Å². The molecule has 5 heterocycles. The van der Waals surface area contributed by atoms with Gasteiger partial charge >= 0.3 is 5.57 Å². The maximum atomic E-state index is 12.9. The Hall–Kier alpha value is -3.57. The minimum atomic E-state index is -3.83. The fraction of sp³-hybridized carbons (Fsp3) is 0.304. The maximum Gasteiger partial charge on any atom is 0.487 e. The van der Waals surface area contributed by atoms with Gasteiger partial charge in [0.15, 0.2) is 0 Å². The molecule has 1 amide bonds. The van der Waals surface area contributed by atoms with Crippen LogP contribution in [0.25, 0.3) is 11.3 Å². The van der Waals surface area contributed by atoms with E-state index in [-0.39, 0.29) is 29.1 Å². The number of amides is 1. The van der Waals surface area contributed by atoms with Gasteiger partial charge in [-0.2, -0.15) is 0 Å². The second kappa shape index (κ2) is 8.90. The van der Waals surface area contributed by atoms with E-state index in [4.69, 9.17) is 16.3 Å². The van der Waals surface area contributed by atoms with Gasteiger partial charge in [-0.15, -0.1) is 8.78 Å². The summed E-state index contributed by atoms with van der Waals surface area (Å²) in [5.41, 5.74) is -2.55. The summed E-state index contributed by atoms with van der Waals surface area (Å²) in [6.45, 7) is 1.31. The Morgan fingerprint density at radius 2 is 1.89 bits per heavy atom. The molecular weight excluding hydrogens is 484 g/mol. The first kappa shape index (κ1) is 23.2. The molecule has 1 aromatic carbocycles. The monoisotopic (exact) mass is 503 g/mol. The lowest BCUT2D eigenvalue weighted by Gasteiger charge is -2.47. The van der Waals surface area contributed by atoms with E-state index in [9.17, 15) is 18.4 Å². The van der Waals surface area contributed by atoms with Crippen molar-refractivity contribution in [1.82, 2.24) is 14.5 Å². The van der Waals surface area contributed by atoms with E-state index in [1.54, 1.807) is 13.1 Å². The van der Waals surface area contributed by atoms with Crippen molar-refractivity contribution in [3.63, 3.8) is 0 Å². The largest absolute Gasteiger partial charge is 0.487 e. The van der Waals surface area contributed by atoms with Gasteiger partial charge in [0.05, 0.1) is 29.8 Å². The van der Waals surface area contributed by atoms with Crippen molar-refractivity contribution in [3.05, 3.63) is 64.8 Å². The van der Waals surface area contributed by atoms with Crippen LogP contribution >= 0.6 is 11.6 Å². The van der Waals surface area contributed by atoms with Crippen LogP contribution in [0.2, 0.25) is 0 Å². The summed E-state index contributed by atoms with van der Waals surface area (Å²) in [6.07, 6.45) is 4.13. The zero-order valence-electron chi connectivity index (χ0n) is 18.5. The summed E-state index contributed by atoms with van der Waals surface area (Å²) in [7, 11) is 1.60. The topological polar surface area (TPSA) is 98.6 Å². The first-order chi connectivity index (χ1) is 16.6. The molecule has 12 heteroatoms. The van der Waals surface area contributed by atoms with E-state index in [2.05, 4.69) is 24.9 Å². The van der Waals surface area contributed by atoms with Crippen LogP contribution in [0.4, 0.5) is 20.3 Å². The number of hydrogen-bond donors (Lipinski definition) is 1. The van der Waals surface area contributed by atoms with Gasteiger partial charge in [0.1, 0.15) is 11.6 Å². The molecule has 3 aliphatic heterocycles. The van der Waals surface area contributed by atoms with Crippen LogP contribution < -0.4 is 20.5 Å². The van der Waals surface area contributed by atoms with Crippen molar-refractivity contribution in [2.24, 2.45) is 7.05 Å². The molecule has 9 nitrogen and oxygen atoms in total. The summed E-state index contributed by atoms with van der Waals surface area (Å²) in [4.78, 5) is 36.2. The quantitative estimate of drug-likeness (QED) is 0.516. The zero-order valence-corrected chi connectivity index (χ0v) is 19.2. The number of aromatic nitrogens is 3. The van der Waals surface area contributed by atoms with Gasteiger partial charge in [-0.05, 0) is 30.3 Å². The number of hydrogen-bond acceptors (Lipinski definition) is 7. The number of pyridine rings is 1. The summed E-state index contributed by atoms with van der Waals surface area (Å²) in [5, 5.41) is 2.69. The first-order valence-electron chi connectivity index (χ1n) is 10.8. The number of nitrogens with zero attached hydrogens (tertiary/aromatic N) is 4. The maximum absolute atomic E-state index is 12.9. The summed E-state index contributed by atoms with van der Waals surface area (Å²) < 4.78 is 36.9. The smallest absolute Gasteiger partial charge is 0.420 e. The molecule has 3 fully saturated rings. The number of carbonyl (C=O) groups is 1. The molecule has 3 aromatic rings. The van der Waals surface area contributed by atoms with Gasteiger partial charge in [-0.25, -0.2) is 9.97 Å². The number of rotatable bonds is 6. The van der Waals surface area contributed by atoms with Gasteiger partial charge in [0.2, 0.25) is 0 Å². The highest BCUT2D eigenvalue weighted by Crippen LogP contribution is 2.35. The molecule has 0 saturated carbocycles. The van der Waals surface area contributed by atoms with Gasteiger partial charge in [0, 0.05) is 61.7 Å². The Morgan fingerprint density at radius 1 is 1.20 bits per heavy atom. The molecule has 6 rings (SSSR count). The van der Waals surface area contributed by atoms with Crippen LogP contribution in [-0.2, 0) is 11.8 Å². The van der Waals surface area contributed by atoms with Gasteiger partial charge < -0.3 is 24.3 Å². The molecule has 0 radical (unpaired) electrons. The highest BCUT2D eigenvalue weighted by Gasteiger charge is 2.39. The summed E-state index contributed by atoms with van der Waals surface area (Å²) in [6, 6.07) is 8.35. The molecule has 2 bridgehead atoms. The van der Waals surface area contributed by atoms with Crippen molar-refractivity contribution in [3.8, 4) is 17.0 Å². The van der Waals surface area contributed by atoms with Crippen LogP contribution in [0, 0.1) is 0 Å². The number of halogens is 3. The van der Waals surface area contributed by atoms with Gasteiger partial charge in [0.25, 0.3) is 11.5 Å². The molecule has 35 heavy (non-hydrogen) atoms. The minimum Gasteiger partial charge on any atom is -0.420 e. The standard InChI is InChI=1S/C23H20ClF2N5O4/c1-30-12-28-19(8-20(30)32)18-6-13(9-27-21(18)31-10-16-7-17(11-31)34-16)22(33)29-14-2-4-15(5-3-14)35-23(24,25)26/h2-6,8-9,12,16-17H,7,10-11H2,1H3,(H,29,33). The lowest BCUT2D eigenvalue weighted by atomic mass is 9.98. The predicted octanol–water partition coefficient (Wildman–Crippen LogP) is 3.24. The number of alkyl halides is 3. The zero-order chi connectivity index (χ0) is 24.7. The number of carbonyl (C=O) groups excluding carboxylic acids is 1. The normalized spacial score (nSPS) is 19.1. The number of anilines is 2. The predicted molar refractivity (Wildman–Crippen MR) is 124 cm³/mol. The molecular formula is C23H20ClF2N5O4. The van der Waals surface area contributed by atoms with Crippen molar-refractivity contribution in [1.29, 1.82) is 0 Å². The van der Waals surface area contributed by atoms with Crippen LogP contribution in [0.1, 0.15) is 16.8 Å². The van der Waals surface area contributed by atoms with Crippen molar-refractivity contribution < 1.29 is 23.0 Å². The van der Waals surface area contributed by atoms with Crippen LogP contribution in [0.5, 0.6) is 5.75 Å². The number of piperidine rings is 1. The fourth-order valence-corrected chi connectivity index (χ4v) is 4.19. The third-order valence-electron chi connectivity index (χ3n) is 5.79. The highest BCUT2D eigenvalue weighted by atomic mass is 35.5. The number of aryl methyl sites for hydroxylation is 1. The molecule has 0 spiro atoms. The Bertz CT molecular complexity index is 1310. The first-order valence-corrected chi connectivity index (χ1v) is 11.1. The molecule has 0 aliphatic carbocycles. The van der Waals surface area contributed by atoms with Crippen LogP contribution in [-0.4, -0.2) is 51.3 Å². The lowest BCUT2D eigenvalue weighted by molar-refractivity contribution is -0.133. The van der Waals surface area contributed by atoms with E-state index in [1.165, 1.54) is 47.4 Å². The number of morpholine rings is 1. The molecule has 2 atom stereocenters. The number of benzene rings is 1. The summed E-state index contributed by atoms with van der Waals surface area (Å²) >= 11 is 4.77. The Labute approximate surface area is 203 Å². The molecule has 1 N–H and O–H groups in total. The third-order valence-corrected chi connectivity index (χ3v) is 5.86. The molecule has 182 valence electrons. The number of nitrogens with one attached hydrogen (secondary N) is 1. The van der Waals surface area contributed by atoms with E-state index in [0.29, 0.717) is 35.9 Å². The van der Waals surface area contributed by atoms with E-state index < -0.39 is 11.5 Å². The number of fused-ring (bicyclic) bond motifs is 2. The lowest BCUT2D eigenvalue weighted by Crippen LogP contribution is -2.57. The molecule has 3 saturated heterocycles. The highest BCUT2D eigenvalue weighted by molar-refractivity contribution is 6.20. The Kier molecular flexibility index (Phi) is 5.89. The molecule has 3 aliphatic rings. The number of ether oxygens (including phenoxy) is 2. The average Bonchev–Trinajstić information content (AvgIpc) is 2.80. The second-order valence-corrected chi connectivity index (χ2v) is 8.81. The average molecular weight is 504 g/mol. The van der Waals surface area contributed by atoms with Crippen LogP contribution in [0.3, 0.4) is 0 Å². The van der Waals surface area contributed by atoms with Crippen LogP contribution in [0.15, 0.2) is 53.7 Å². The SMILES string of the molecule is Cn1cnc(-c2cc(C(=O)Nc3ccc(OC(F)(F)Cl)cc3)cnc2N2CC3CC(C2)O3)cc1=O. The molecule has 2 unspecified atom stereocenters. The van der Waals surface area contributed by atoms with E-state index >= 15 is 0 Å². The van der Waals surface area contributed by atoms with E-state index in [0.717, 1.165) is 6.42 Å². The fourth-order valence-electron chi connectivity index (χ4n) is 4.10. The third kappa shape index (κ3) is 5.10. The minimum absolute atomic E-state index is 0.133. The van der Waals surface area contributed by atoms with Gasteiger partial charge in [-0.1, -0.05) is 0 Å². The van der Waals surface area contributed by atoms with Crippen molar-refractivity contribution in [2.45, 2.75) is 24.2 Å². The Morgan fingerprint density at radius 3 is 2.51 bits per heavy atom. The summed E-state index contributed by atoms with van der Waals surface area (Å²) in [5.74, 6) is -0.0179. The van der Waals surface area contributed by atoms with E-state index in [1.807, 2.05) is 0 Å². The molecule has 2 aromatic heterocycles. The second-order valence-electron chi connectivity index (χ2n) is 8.37. The van der Waals surface area contributed by atoms with Crippen molar-refractivity contribution >= 4 is 29.0 Å².